The molecule has 0 aromatic rings. The Morgan fingerprint density at radius 3 is 0.848 bits per heavy atom. The second-order valence-electron chi connectivity index (χ2n) is 20.9. The van der Waals surface area contributed by atoms with E-state index in [1.54, 1.807) is 6.08 Å². The van der Waals surface area contributed by atoms with Crippen molar-refractivity contribution in [3.8, 4) is 0 Å². The van der Waals surface area contributed by atoms with Crippen LogP contribution in [0.1, 0.15) is 278 Å². The SMILES string of the molecule is CC/C=C\C/C=C\C/C=C\C/C=C\C/C=C\C/C=C\CCCCCCCCCCCCCCC(=O)OCC(COC(=O)CCCCCCC/C=C\CCCCCCCC)OC(=O)C/C=C\C/C=C\C/C=C\C/C=C\C/C=C\CC. The monoisotopic (exact) mass is 1090 g/mol. The summed E-state index contributed by atoms with van der Waals surface area (Å²) in [7, 11) is 0. The lowest BCUT2D eigenvalue weighted by molar-refractivity contribution is -0.166. The van der Waals surface area contributed by atoms with Crippen molar-refractivity contribution in [3.63, 3.8) is 0 Å². The van der Waals surface area contributed by atoms with Crippen molar-refractivity contribution in [3.05, 3.63) is 146 Å². The Morgan fingerprint density at radius 2 is 0.532 bits per heavy atom. The van der Waals surface area contributed by atoms with Crippen LogP contribution in [0.3, 0.4) is 0 Å². The largest absolute Gasteiger partial charge is 0.462 e. The Kier molecular flexibility index (Phi) is 61.9. The van der Waals surface area contributed by atoms with E-state index in [0.29, 0.717) is 19.3 Å². The van der Waals surface area contributed by atoms with Crippen LogP contribution in [0.4, 0.5) is 0 Å². The Bertz CT molecular complexity index is 1730. The van der Waals surface area contributed by atoms with Gasteiger partial charge in [-0.3, -0.25) is 14.4 Å². The average molecular weight is 1090 g/mol. The first kappa shape index (κ1) is 74.3. The van der Waals surface area contributed by atoms with Crippen LogP contribution in [-0.4, -0.2) is 37.2 Å². The standard InChI is InChI=1S/C73H118O6/c1-4-7-10-13-16-19-22-25-28-29-30-31-32-33-34-35-36-37-38-39-40-41-42-43-46-48-51-54-57-60-63-66-72(75)78-69-70(79-73(76)67-64-61-58-55-52-49-45-27-24-21-18-15-12-9-6-3)68-77-71(74)65-62-59-56-53-50-47-44-26-23-20-17-14-11-8-5-2/h7,9-10,12,16,18-19,21,25-28,30-31,33-34,36-37,44-45,52,55,61,64,70H,4-6,8,11,13-15,17,20,22-24,29,32,35,38-43,46-51,53-54,56-60,62-63,65-69H2,1-3H3/b10-7-,12-9-,19-16-,21-18-,28-25-,31-30-,34-33-,37-36-,44-26-,45-27-,55-52-,64-61-. The quantitative estimate of drug-likeness (QED) is 0.0261. The molecule has 446 valence electrons. The zero-order chi connectivity index (χ0) is 57.1. The van der Waals surface area contributed by atoms with Gasteiger partial charge in [0.2, 0.25) is 0 Å². The minimum Gasteiger partial charge on any atom is -0.462 e. The Morgan fingerprint density at radius 1 is 0.278 bits per heavy atom. The molecule has 0 aromatic heterocycles. The molecule has 6 heteroatoms. The van der Waals surface area contributed by atoms with Gasteiger partial charge in [-0.2, -0.15) is 0 Å². The van der Waals surface area contributed by atoms with Gasteiger partial charge in [0.1, 0.15) is 13.2 Å². The van der Waals surface area contributed by atoms with Crippen molar-refractivity contribution in [2.24, 2.45) is 0 Å². The lowest BCUT2D eigenvalue weighted by Crippen LogP contribution is -2.30. The van der Waals surface area contributed by atoms with Crippen LogP contribution in [0, 0.1) is 0 Å². The first-order valence-corrected chi connectivity index (χ1v) is 32.3. The summed E-state index contributed by atoms with van der Waals surface area (Å²) in [5.74, 6) is -1.06. The maximum absolute atomic E-state index is 12.8. The molecule has 0 spiro atoms. The summed E-state index contributed by atoms with van der Waals surface area (Å²) in [6, 6.07) is 0. The van der Waals surface area contributed by atoms with E-state index in [0.717, 1.165) is 116 Å². The normalized spacial score (nSPS) is 13.1. The molecule has 0 aliphatic rings. The van der Waals surface area contributed by atoms with Crippen LogP contribution >= 0.6 is 0 Å². The summed E-state index contributed by atoms with van der Waals surface area (Å²) in [6.45, 7) is 6.32. The van der Waals surface area contributed by atoms with E-state index in [1.165, 1.54) is 116 Å². The molecule has 0 aliphatic carbocycles. The Hall–Kier alpha value is -4.71. The van der Waals surface area contributed by atoms with E-state index in [4.69, 9.17) is 14.2 Å². The number of esters is 3. The van der Waals surface area contributed by atoms with Gasteiger partial charge in [0.25, 0.3) is 0 Å². The highest BCUT2D eigenvalue weighted by Gasteiger charge is 2.19. The average Bonchev–Trinajstić information content (AvgIpc) is 3.45. The molecule has 1 unspecified atom stereocenters. The van der Waals surface area contributed by atoms with Gasteiger partial charge in [-0.25, -0.2) is 0 Å². The van der Waals surface area contributed by atoms with Gasteiger partial charge < -0.3 is 14.2 Å². The van der Waals surface area contributed by atoms with Gasteiger partial charge in [-0.1, -0.05) is 282 Å². The zero-order valence-corrected chi connectivity index (χ0v) is 51.1. The van der Waals surface area contributed by atoms with Crippen LogP contribution < -0.4 is 0 Å². The molecule has 0 saturated heterocycles. The van der Waals surface area contributed by atoms with Crippen LogP contribution in [0.5, 0.6) is 0 Å². The van der Waals surface area contributed by atoms with Crippen molar-refractivity contribution < 1.29 is 28.6 Å². The Balaban J connectivity index is 4.34. The summed E-state index contributed by atoms with van der Waals surface area (Å²) < 4.78 is 16.8. The Labute approximate surface area is 487 Å². The fraction of sp³-hybridized carbons (Fsp3) is 0.630. The van der Waals surface area contributed by atoms with E-state index in [2.05, 4.69) is 154 Å². The summed E-state index contributed by atoms with van der Waals surface area (Å²) in [4.78, 5) is 38.2. The fourth-order valence-corrected chi connectivity index (χ4v) is 8.58. The molecular formula is C73H118O6. The summed E-state index contributed by atoms with van der Waals surface area (Å²) in [5.41, 5.74) is 0. The second kappa shape index (κ2) is 65.8. The first-order valence-electron chi connectivity index (χ1n) is 32.3. The lowest BCUT2D eigenvalue weighted by atomic mass is 10.0. The van der Waals surface area contributed by atoms with Crippen LogP contribution in [-0.2, 0) is 28.6 Å². The molecule has 0 fully saturated rings. The van der Waals surface area contributed by atoms with Crippen LogP contribution in [0.15, 0.2) is 146 Å². The van der Waals surface area contributed by atoms with Crippen LogP contribution in [0.2, 0.25) is 0 Å². The molecule has 79 heavy (non-hydrogen) atoms. The van der Waals surface area contributed by atoms with Crippen molar-refractivity contribution in [2.75, 3.05) is 13.2 Å². The predicted octanol–water partition coefficient (Wildman–Crippen LogP) is 22.3. The molecule has 0 amide bonds. The highest BCUT2D eigenvalue weighted by molar-refractivity contribution is 5.72. The smallest absolute Gasteiger partial charge is 0.310 e. The lowest BCUT2D eigenvalue weighted by Gasteiger charge is -2.18. The zero-order valence-electron chi connectivity index (χ0n) is 51.1. The number of ether oxygens (including phenoxy) is 3. The molecule has 0 bridgehead atoms. The van der Waals surface area contributed by atoms with E-state index >= 15 is 0 Å². The summed E-state index contributed by atoms with van der Waals surface area (Å²) in [5, 5.41) is 0. The number of hydrogen-bond donors (Lipinski definition) is 0. The van der Waals surface area contributed by atoms with Gasteiger partial charge in [0.15, 0.2) is 6.10 Å². The molecule has 1 atom stereocenters. The number of unbranched alkanes of at least 4 members (excludes halogenated alkanes) is 23. The second-order valence-corrected chi connectivity index (χ2v) is 20.9. The number of carbonyl (C=O) groups excluding carboxylic acids is 3. The topological polar surface area (TPSA) is 78.9 Å². The molecule has 0 rings (SSSR count). The third kappa shape index (κ3) is 64.0. The van der Waals surface area contributed by atoms with Gasteiger partial charge >= 0.3 is 17.9 Å². The van der Waals surface area contributed by atoms with Crippen molar-refractivity contribution in [1.29, 1.82) is 0 Å². The van der Waals surface area contributed by atoms with Gasteiger partial charge in [-0.15, -0.1) is 0 Å². The minimum absolute atomic E-state index is 0.0904. The molecule has 0 radical (unpaired) electrons. The third-order valence-corrected chi connectivity index (χ3v) is 13.3. The van der Waals surface area contributed by atoms with E-state index in [1.807, 2.05) is 6.08 Å². The fourth-order valence-electron chi connectivity index (χ4n) is 8.58. The van der Waals surface area contributed by atoms with Gasteiger partial charge in [-0.05, 0) is 122 Å². The third-order valence-electron chi connectivity index (χ3n) is 13.3. The van der Waals surface area contributed by atoms with Crippen molar-refractivity contribution in [1.82, 2.24) is 0 Å². The molecular weight excluding hydrogens is 973 g/mol. The number of allylic oxidation sites excluding steroid dienone is 23. The molecule has 0 heterocycles. The van der Waals surface area contributed by atoms with Gasteiger partial charge in [0, 0.05) is 12.8 Å². The first-order chi connectivity index (χ1) is 39.0. The minimum atomic E-state index is -0.842. The molecule has 0 N–H and O–H groups in total. The molecule has 0 aromatic carbocycles. The highest BCUT2D eigenvalue weighted by atomic mass is 16.6. The molecule has 0 aliphatic heterocycles. The van der Waals surface area contributed by atoms with Crippen molar-refractivity contribution in [2.45, 2.75) is 284 Å². The van der Waals surface area contributed by atoms with Gasteiger partial charge in [0.05, 0.1) is 6.42 Å². The maximum atomic E-state index is 12.8. The highest BCUT2D eigenvalue weighted by Crippen LogP contribution is 2.15. The number of carbonyl (C=O) groups is 3. The van der Waals surface area contributed by atoms with E-state index < -0.39 is 12.1 Å². The maximum Gasteiger partial charge on any atom is 0.310 e. The van der Waals surface area contributed by atoms with Crippen molar-refractivity contribution >= 4 is 17.9 Å². The number of rotatable bonds is 57. The predicted molar refractivity (Wildman–Crippen MR) is 343 cm³/mol. The molecule has 6 nitrogen and oxygen atoms in total. The number of hydrogen-bond acceptors (Lipinski definition) is 6. The molecule has 0 saturated carbocycles. The van der Waals surface area contributed by atoms with Crippen LogP contribution in [0.25, 0.3) is 0 Å². The summed E-state index contributed by atoms with van der Waals surface area (Å²) >= 11 is 0. The van der Waals surface area contributed by atoms with E-state index in [-0.39, 0.29) is 31.6 Å². The van der Waals surface area contributed by atoms with E-state index in [9.17, 15) is 14.4 Å². The summed E-state index contributed by atoms with van der Waals surface area (Å²) in [6.07, 6.45) is 94.6.